The summed E-state index contributed by atoms with van der Waals surface area (Å²) in [6, 6.07) is 11.8. The number of nitrogens with zero attached hydrogens (tertiary/aromatic N) is 3. The first-order chi connectivity index (χ1) is 15.4. The fourth-order valence-electron chi connectivity index (χ4n) is 3.76. The van der Waals surface area contributed by atoms with E-state index in [9.17, 15) is 9.18 Å². The zero-order chi connectivity index (χ0) is 22.4. The monoisotopic (exact) mass is 430 g/mol. The first-order valence-corrected chi connectivity index (χ1v) is 9.99. The zero-order valence-corrected chi connectivity index (χ0v) is 17.6. The molecule has 5 aromatic rings. The third-order valence-corrected chi connectivity index (χ3v) is 5.28. The number of carbonyl (C=O) groups excluding carboxylic acids is 1. The molecule has 0 saturated heterocycles. The minimum Gasteiger partial charge on any atom is -0.466 e. The molecule has 1 aromatic carbocycles. The maximum Gasteiger partial charge on any atom is 0.259 e. The average Bonchev–Trinajstić information content (AvgIpc) is 3.50. The van der Waals surface area contributed by atoms with Gasteiger partial charge in [0.25, 0.3) is 11.6 Å². The highest BCUT2D eigenvalue weighted by atomic mass is 19.1. The quantitative estimate of drug-likeness (QED) is 0.402. The van der Waals surface area contributed by atoms with Crippen LogP contribution < -0.4 is 5.32 Å². The molecule has 7 nitrogen and oxygen atoms in total. The predicted octanol–water partition coefficient (Wildman–Crippen LogP) is 5.59. The Morgan fingerprint density at radius 1 is 1.09 bits per heavy atom. The fraction of sp³-hybridized carbons (Fsp3) is 0.125. The molecule has 5 rings (SSSR count). The highest BCUT2D eigenvalue weighted by molar-refractivity contribution is 6.13. The van der Waals surface area contributed by atoms with Crippen molar-refractivity contribution in [3.63, 3.8) is 0 Å². The first kappa shape index (κ1) is 19.7. The summed E-state index contributed by atoms with van der Waals surface area (Å²) in [6.45, 7) is 5.38. The number of halogens is 1. The number of furan rings is 1. The van der Waals surface area contributed by atoms with Crippen molar-refractivity contribution >= 4 is 22.7 Å². The Morgan fingerprint density at radius 2 is 1.88 bits per heavy atom. The van der Waals surface area contributed by atoms with Gasteiger partial charge in [-0.1, -0.05) is 5.16 Å². The van der Waals surface area contributed by atoms with Crippen LogP contribution in [-0.2, 0) is 0 Å². The number of pyridine rings is 1. The fourth-order valence-corrected chi connectivity index (χ4v) is 3.76. The van der Waals surface area contributed by atoms with Gasteiger partial charge in [-0.15, -0.1) is 0 Å². The van der Waals surface area contributed by atoms with Crippen molar-refractivity contribution in [3.05, 3.63) is 83.5 Å². The minimum absolute atomic E-state index is 0.0668. The molecule has 0 spiro atoms. The molecule has 0 aliphatic heterocycles. The molecule has 8 heteroatoms. The van der Waals surface area contributed by atoms with Gasteiger partial charge >= 0.3 is 0 Å². The van der Waals surface area contributed by atoms with Crippen molar-refractivity contribution in [1.82, 2.24) is 14.7 Å². The number of hydrogen-bond donors (Lipinski definition) is 1. The van der Waals surface area contributed by atoms with Gasteiger partial charge in [0.1, 0.15) is 17.3 Å². The van der Waals surface area contributed by atoms with Gasteiger partial charge in [0.05, 0.1) is 28.0 Å². The SMILES string of the molecule is Cc1cc(-c2cc(C(=O)Nc3cc(-n4cccc4)ccc3F)c3c(C)noc3n2)c(C)o1. The second-order valence-electron chi connectivity index (χ2n) is 7.54. The number of amides is 1. The Hall–Kier alpha value is -4.20. The van der Waals surface area contributed by atoms with Crippen LogP contribution in [-0.4, -0.2) is 20.6 Å². The summed E-state index contributed by atoms with van der Waals surface area (Å²) in [5.41, 5.74) is 3.07. The summed E-state index contributed by atoms with van der Waals surface area (Å²) in [5.74, 6) is 0.361. The molecule has 4 aromatic heterocycles. The molecule has 32 heavy (non-hydrogen) atoms. The Balaban J connectivity index is 1.59. The Labute approximate surface area is 182 Å². The van der Waals surface area contributed by atoms with Gasteiger partial charge in [0, 0.05) is 23.6 Å². The van der Waals surface area contributed by atoms with E-state index in [1.54, 1.807) is 25.1 Å². The van der Waals surface area contributed by atoms with Crippen LogP contribution in [0.25, 0.3) is 28.0 Å². The summed E-state index contributed by atoms with van der Waals surface area (Å²) in [4.78, 5) is 17.8. The van der Waals surface area contributed by atoms with E-state index in [1.165, 1.54) is 6.07 Å². The maximum absolute atomic E-state index is 14.5. The number of nitrogens with one attached hydrogen (secondary N) is 1. The van der Waals surface area contributed by atoms with Gasteiger partial charge in [-0.05, 0) is 63.2 Å². The Morgan fingerprint density at radius 3 is 2.59 bits per heavy atom. The highest BCUT2D eigenvalue weighted by Crippen LogP contribution is 2.31. The molecule has 0 aliphatic carbocycles. The van der Waals surface area contributed by atoms with Gasteiger partial charge in [-0.3, -0.25) is 4.79 Å². The van der Waals surface area contributed by atoms with Crippen molar-refractivity contribution in [1.29, 1.82) is 0 Å². The second-order valence-corrected chi connectivity index (χ2v) is 7.54. The molecule has 0 radical (unpaired) electrons. The molecule has 1 N–H and O–H groups in total. The second kappa shape index (κ2) is 7.49. The molecule has 4 heterocycles. The average molecular weight is 430 g/mol. The van der Waals surface area contributed by atoms with E-state index < -0.39 is 11.7 Å². The molecule has 0 saturated carbocycles. The molecular formula is C24H19FN4O3. The number of fused-ring (bicyclic) bond motifs is 1. The van der Waals surface area contributed by atoms with Crippen LogP contribution >= 0.6 is 0 Å². The van der Waals surface area contributed by atoms with Crippen LogP contribution in [0.1, 0.15) is 27.6 Å². The summed E-state index contributed by atoms with van der Waals surface area (Å²) >= 11 is 0. The van der Waals surface area contributed by atoms with Gasteiger partial charge < -0.3 is 18.8 Å². The third kappa shape index (κ3) is 3.35. The van der Waals surface area contributed by atoms with E-state index in [2.05, 4.69) is 15.5 Å². The zero-order valence-electron chi connectivity index (χ0n) is 17.6. The van der Waals surface area contributed by atoms with Crippen LogP contribution in [0, 0.1) is 26.6 Å². The number of benzene rings is 1. The number of anilines is 1. The predicted molar refractivity (Wildman–Crippen MR) is 117 cm³/mol. The lowest BCUT2D eigenvalue weighted by Gasteiger charge is -2.11. The first-order valence-electron chi connectivity index (χ1n) is 9.99. The van der Waals surface area contributed by atoms with Crippen LogP contribution in [0.4, 0.5) is 10.1 Å². The van der Waals surface area contributed by atoms with E-state index in [0.717, 1.165) is 17.0 Å². The Kier molecular flexibility index (Phi) is 4.62. The van der Waals surface area contributed by atoms with E-state index >= 15 is 0 Å². The van der Waals surface area contributed by atoms with Crippen LogP contribution in [0.5, 0.6) is 0 Å². The molecule has 0 unspecified atom stereocenters. The highest BCUT2D eigenvalue weighted by Gasteiger charge is 2.22. The molecule has 1 amide bonds. The number of aromatic nitrogens is 3. The van der Waals surface area contributed by atoms with Crippen LogP contribution in [0.2, 0.25) is 0 Å². The van der Waals surface area contributed by atoms with E-state index in [-0.39, 0.29) is 17.0 Å². The lowest BCUT2D eigenvalue weighted by Crippen LogP contribution is -2.14. The molecular weight excluding hydrogens is 411 g/mol. The summed E-state index contributed by atoms with van der Waals surface area (Å²) in [6.07, 6.45) is 3.68. The minimum atomic E-state index is -0.539. The van der Waals surface area contributed by atoms with Gasteiger partial charge in [-0.2, -0.15) is 0 Å². The molecule has 0 bridgehead atoms. The van der Waals surface area contributed by atoms with Gasteiger partial charge in [-0.25, -0.2) is 9.37 Å². The number of carbonyl (C=O) groups is 1. The topological polar surface area (TPSA) is 86.1 Å². The third-order valence-electron chi connectivity index (χ3n) is 5.28. The number of rotatable bonds is 4. The maximum atomic E-state index is 14.5. The van der Waals surface area contributed by atoms with E-state index in [0.29, 0.717) is 22.5 Å². The molecule has 0 atom stereocenters. The summed E-state index contributed by atoms with van der Waals surface area (Å²) in [5, 5.41) is 7.12. The van der Waals surface area contributed by atoms with Crippen molar-refractivity contribution in [2.75, 3.05) is 5.32 Å². The molecule has 0 aliphatic rings. The van der Waals surface area contributed by atoms with Crippen LogP contribution in [0.15, 0.2) is 63.8 Å². The van der Waals surface area contributed by atoms with Crippen molar-refractivity contribution < 1.29 is 18.1 Å². The smallest absolute Gasteiger partial charge is 0.259 e. The largest absolute Gasteiger partial charge is 0.466 e. The standard InChI is InChI=1S/C24H19FN4O3/c1-13-10-17(15(3)31-13)20-12-18(22-14(2)28-32-24(22)27-20)23(30)26-21-11-16(6-7-19(21)25)29-8-4-5-9-29/h4-12H,1-3H3,(H,26,30). The lowest BCUT2D eigenvalue weighted by atomic mass is 10.1. The molecule has 0 fully saturated rings. The number of aryl methyl sites for hydroxylation is 3. The van der Waals surface area contributed by atoms with E-state index in [1.807, 2.05) is 49.0 Å². The number of hydrogen-bond acceptors (Lipinski definition) is 5. The van der Waals surface area contributed by atoms with Crippen molar-refractivity contribution in [2.24, 2.45) is 0 Å². The Bertz CT molecular complexity index is 1460. The van der Waals surface area contributed by atoms with Gasteiger partial charge in [0.2, 0.25) is 0 Å². The van der Waals surface area contributed by atoms with E-state index in [4.69, 9.17) is 8.94 Å². The van der Waals surface area contributed by atoms with Crippen molar-refractivity contribution in [3.8, 4) is 16.9 Å². The van der Waals surface area contributed by atoms with Crippen LogP contribution in [0.3, 0.4) is 0 Å². The summed E-state index contributed by atoms with van der Waals surface area (Å²) in [7, 11) is 0. The normalized spacial score (nSPS) is 11.2. The summed E-state index contributed by atoms with van der Waals surface area (Å²) < 4.78 is 27.3. The molecule has 160 valence electrons. The van der Waals surface area contributed by atoms with Gasteiger partial charge in [0.15, 0.2) is 0 Å². The lowest BCUT2D eigenvalue weighted by molar-refractivity contribution is 0.102. The van der Waals surface area contributed by atoms with Crippen molar-refractivity contribution in [2.45, 2.75) is 20.8 Å².